The van der Waals surface area contributed by atoms with Crippen molar-refractivity contribution in [2.24, 2.45) is 0 Å². The Hall–Kier alpha value is -1.44. The lowest BCUT2D eigenvalue weighted by Gasteiger charge is -2.36. The van der Waals surface area contributed by atoms with Gasteiger partial charge in [-0.1, -0.05) is 6.07 Å². The maximum absolute atomic E-state index is 5.55. The lowest BCUT2D eigenvalue weighted by molar-refractivity contribution is 0.0376. The minimum absolute atomic E-state index is 0.867. The molecule has 132 valence electrons. The molecule has 1 aromatic heterocycles. The number of nitrogens with zero attached hydrogens (tertiary/aromatic N) is 4. The zero-order chi connectivity index (χ0) is 16.6. The monoisotopic (exact) mass is 349 g/mol. The van der Waals surface area contributed by atoms with Gasteiger partial charge in [0.05, 0.1) is 13.2 Å². The highest BCUT2D eigenvalue weighted by Crippen LogP contribution is 2.12. The first-order valence-corrected chi connectivity index (χ1v) is 9.22. The van der Waals surface area contributed by atoms with E-state index < -0.39 is 0 Å². The molecule has 0 bridgehead atoms. The van der Waals surface area contributed by atoms with E-state index in [2.05, 4.69) is 31.1 Å². The topological polar surface area (TPSA) is 43.9 Å². The zero-order valence-electron chi connectivity index (χ0n) is 14.2. The SMILES string of the molecule is S=C(NCCCN1CCOCC1)N1CCN(c2ccccn2)CC1. The van der Waals surface area contributed by atoms with Crippen LogP contribution in [0.2, 0.25) is 0 Å². The molecule has 1 aromatic rings. The molecule has 6 nitrogen and oxygen atoms in total. The minimum Gasteiger partial charge on any atom is -0.379 e. The number of nitrogens with one attached hydrogen (secondary N) is 1. The number of ether oxygens (including phenoxy) is 1. The zero-order valence-corrected chi connectivity index (χ0v) is 15.0. The van der Waals surface area contributed by atoms with Crippen molar-refractivity contribution in [3.63, 3.8) is 0 Å². The van der Waals surface area contributed by atoms with Gasteiger partial charge in [0, 0.05) is 52.0 Å². The Morgan fingerprint density at radius 1 is 1.12 bits per heavy atom. The quantitative estimate of drug-likeness (QED) is 0.623. The summed E-state index contributed by atoms with van der Waals surface area (Å²) < 4.78 is 5.37. The minimum atomic E-state index is 0.867. The van der Waals surface area contributed by atoms with Crippen LogP contribution >= 0.6 is 12.2 Å². The molecule has 0 radical (unpaired) electrons. The average Bonchev–Trinajstić information content (AvgIpc) is 2.67. The highest BCUT2D eigenvalue weighted by atomic mass is 32.1. The molecule has 0 unspecified atom stereocenters. The standard InChI is InChI=1S/C17H27N5OS/c24-17(19-6-3-7-20-12-14-23-15-13-20)22-10-8-21(9-11-22)16-4-1-2-5-18-16/h1-2,4-5H,3,6-15H2,(H,19,24). The molecule has 0 aliphatic carbocycles. The van der Waals surface area contributed by atoms with Gasteiger partial charge in [-0.2, -0.15) is 0 Å². The lowest BCUT2D eigenvalue weighted by Crippen LogP contribution is -2.52. The van der Waals surface area contributed by atoms with Gasteiger partial charge in [-0.15, -0.1) is 0 Å². The van der Waals surface area contributed by atoms with Gasteiger partial charge in [0.2, 0.25) is 0 Å². The Morgan fingerprint density at radius 2 is 1.92 bits per heavy atom. The molecular weight excluding hydrogens is 322 g/mol. The summed E-state index contributed by atoms with van der Waals surface area (Å²) in [5, 5.41) is 4.30. The van der Waals surface area contributed by atoms with Crippen LogP contribution in [-0.2, 0) is 4.74 Å². The second-order valence-electron chi connectivity index (χ2n) is 6.20. The van der Waals surface area contributed by atoms with Gasteiger partial charge in [0.25, 0.3) is 0 Å². The van der Waals surface area contributed by atoms with Crippen molar-refractivity contribution in [3.8, 4) is 0 Å². The normalized spacial score (nSPS) is 19.3. The van der Waals surface area contributed by atoms with Crippen LogP contribution in [0.4, 0.5) is 5.82 Å². The van der Waals surface area contributed by atoms with Crippen molar-refractivity contribution < 1.29 is 4.74 Å². The smallest absolute Gasteiger partial charge is 0.169 e. The van der Waals surface area contributed by atoms with Gasteiger partial charge in [-0.3, -0.25) is 4.90 Å². The summed E-state index contributed by atoms with van der Waals surface area (Å²) in [5.41, 5.74) is 0. The first-order chi connectivity index (χ1) is 11.8. The molecule has 2 fully saturated rings. The third kappa shape index (κ3) is 5.03. The molecule has 0 saturated carbocycles. The number of morpholine rings is 1. The number of anilines is 1. The van der Waals surface area contributed by atoms with Crippen LogP contribution in [0, 0.1) is 0 Å². The average molecular weight is 350 g/mol. The molecule has 2 saturated heterocycles. The summed E-state index contributed by atoms with van der Waals surface area (Å²) in [7, 11) is 0. The maximum Gasteiger partial charge on any atom is 0.169 e. The molecule has 0 amide bonds. The van der Waals surface area contributed by atoms with E-state index in [0.29, 0.717) is 0 Å². The molecular formula is C17H27N5OS. The molecule has 0 aromatic carbocycles. The second kappa shape index (κ2) is 9.15. The van der Waals surface area contributed by atoms with Gasteiger partial charge < -0.3 is 19.9 Å². The van der Waals surface area contributed by atoms with E-state index in [0.717, 1.165) is 82.9 Å². The fourth-order valence-electron chi connectivity index (χ4n) is 3.11. The van der Waals surface area contributed by atoms with Gasteiger partial charge in [-0.25, -0.2) is 4.98 Å². The molecule has 2 aliphatic heterocycles. The van der Waals surface area contributed by atoms with Crippen LogP contribution in [0.1, 0.15) is 6.42 Å². The summed E-state index contributed by atoms with van der Waals surface area (Å²) in [5.74, 6) is 1.06. The number of pyridine rings is 1. The second-order valence-corrected chi connectivity index (χ2v) is 6.59. The van der Waals surface area contributed by atoms with Crippen LogP contribution in [-0.4, -0.2) is 85.5 Å². The van der Waals surface area contributed by atoms with E-state index >= 15 is 0 Å². The summed E-state index contributed by atoms with van der Waals surface area (Å²) in [4.78, 5) is 11.5. The number of hydrogen-bond donors (Lipinski definition) is 1. The number of aromatic nitrogens is 1. The number of piperazine rings is 1. The van der Waals surface area contributed by atoms with Crippen LogP contribution in [0.25, 0.3) is 0 Å². The first kappa shape index (κ1) is 17.4. The number of thiocarbonyl (C=S) groups is 1. The van der Waals surface area contributed by atoms with Crippen LogP contribution in [0.3, 0.4) is 0 Å². The number of hydrogen-bond acceptors (Lipinski definition) is 5. The van der Waals surface area contributed by atoms with Crippen LogP contribution in [0.5, 0.6) is 0 Å². The van der Waals surface area contributed by atoms with E-state index in [-0.39, 0.29) is 0 Å². The van der Waals surface area contributed by atoms with E-state index in [4.69, 9.17) is 17.0 Å². The third-order valence-corrected chi connectivity index (χ3v) is 4.97. The third-order valence-electron chi connectivity index (χ3n) is 4.57. The highest BCUT2D eigenvalue weighted by Gasteiger charge is 2.19. The van der Waals surface area contributed by atoms with Gasteiger partial charge >= 0.3 is 0 Å². The Kier molecular flexibility index (Phi) is 6.63. The van der Waals surface area contributed by atoms with Crippen LogP contribution in [0.15, 0.2) is 24.4 Å². The predicted octanol–water partition coefficient (Wildman–Crippen LogP) is 0.800. The summed E-state index contributed by atoms with van der Waals surface area (Å²) >= 11 is 5.55. The fraction of sp³-hybridized carbons (Fsp3) is 0.647. The molecule has 3 heterocycles. The van der Waals surface area contributed by atoms with E-state index in [9.17, 15) is 0 Å². The van der Waals surface area contributed by atoms with E-state index in [1.807, 2.05) is 18.3 Å². The van der Waals surface area contributed by atoms with Crippen molar-refractivity contribution in [2.45, 2.75) is 6.42 Å². The molecule has 0 atom stereocenters. The highest BCUT2D eigenvalue weighted by molar-refractivity contribution is 7.80. The number of rotatable bonds is 5. The van der Waals surface area contributed by atoms with E-state index in [1.165, 1.54) is 0 Å². The molecule has 2 aliphatic rings. The van der Waals surface area contributed by atoms with Crippen LogP contribution < -0.4 is 10.2 Å². The Balaban J connectivity index is 1.32. The van der Waals surface area contributed by atoms with E-state index in [1.54, 1.807) is 0 Å². The summed E-state index contributed by atoms with van der Waals surface area (Å²) in [6.45, 7) is 9.73. The Morgan fingerprint density at radius 3 is 2.62 bits per heavy atom. The molecule has 0 spiro atoms. The first-order valence-electron chi connectivity index (χ1n) is 8.82. The maximum atomic E-state index is 5.55. The van der Waals surface area contributed by atoms with Gasteiger partial charge in [0.1, 0.15) is 5.82 Å². The largest absolute Gasteiger partial charge is 0.379 e. The Bertz CT molecular complexity index is 501. The summed E-state index contributed by atoms with van der Waals surface area (Å²) in [6, 6.07) is 6.06. The van der Waals surface area contributed by atoms with Crippen molar-refractivity contribution in [1.29, 1.82) is 0 Å². The Labute approximate surface area is 149 Å². The van der Waals surface area contributed by atoms with Crippen molar-refractivity contribution >= 4 is 23.1 Å². The van der Waals surface area contributed by atoms with Crippen molar-refractivity contribution in [3.05, 3.63) is 24.4 Å². The fourth-order valence-corrected chi connectivity index (χ4v) is 3.40. The molecule has 3 rings (SSSR count). The molecule has 1 N–H and O–H groups in total. The predicted molar refractivity (Wildman–Crippen MR) is 100 cm³/mol. The van der Waals surface area contributed by atoms with Crippen molar-refractivity contribution in [1.82, 2.24) is 20.1 Å². The lowest BCUT2D eigenvalue weighted by atomic mass is 10.3. The molecule has 7 heteroatoms. The molecule has 24 heavy (non-hydrogen) atoms. The van der Waals surface area contributed by atoms with Gasteiger partial charge in [0.15, 0.2) is 5.11 Å². The van der Waals surface area contributed by atoms with Crippen molar-refractivity contribution in [2.75, 3.05) is 70.5 Å². The summed E-state index contributed by atoms with van der Waals surface area (Å²) in [6.07, 6.45) is 2.97. The van der Waals surface area contributed by atoms with Gasteiger partial charge in [-0.05, 0) is 37.3 Å².